The number of piperazine rings is 1. The van der Waals surface area contributed by atoms with Crippen LogP contribution in [-0.2, 0) is 29.8 Å². The minimum absolute atomic E-state index is 0.153. The Morgan fingerprint density at radius 2 is 2.12 bits per heavy atom. The van der Waals surface area contributed by atoms with Gasteiger partial charge in [-0.2, -0.15) is 27.0 Å². The lowest BCUT2D eigenvalue weighted by molar-refractivity contribution is -0.128. The standard InChI is InChI=1S/C31H39FN6O2S/c1-4-27-28(17-26-16-22-15-23(32)9-8-21(22)20-41-26)34-31(40-19-25-7-6-12-36(25)3)35-30(27)37-13-14-38(29(39)5-2)24(18-37)10-11-33/h5,8-9,15,24-26H,2,4,6-7,10,12-14,16-20H2,1,3H3/t24?,25?,26-/m0/s1. The summed E-state index contributed by atoms with van der Waals surface area (Å²) in [5.74, 6) is 1.33. The van der Waals surface area contributed by atoms with Crippen LogP contribution in [0.1, 0.15) is 48.6 Å². The van der Waals surface area contributed by atoms with Crippen molar-refractivity contribution >= 4 is 23.5 Å². The number of halogens is 1. The number of benzene rings is 1. The number of aromatic nitrogens is 2. The van der Waals surface area contributed by atoms with E-state index < -0.39 is 0 Å². The lowest BCUT2D eigenvalue weighted by atomic mass is 9.98. The van der Waals surface area contributed by atoms with Crippen LogP contribution in [0.3, 0.4) is 0 Å². The van der Waals surface area contributed by atoms with Crippen molar-refractivity contribution in [3.05, 3.63) is 59.1 Å². The third-order valence-corrected chi connectivity index (χ3v) is 9.84. The average Bonchev–Trinajstić information content (AvgIpc) is 3.39. The fourth-order valence-electron chi connectivity index (χ4n) is 6.23. The van der Waals surface area contributed by atoms with Crippen LogP contribution in [0, 0.1) is 17.1 Å². The first-order valence-corrected chi connectivity index (χ1v) is 15.6. The molecule has 10 heteroatoms. The Kier molecular flexibility index (Phi) is 9.46. The Bertz CT molecular complexity index is 1320. The second kappa shape index (κ2) is 13.2. The van der Waals surface area contributed by atoms with Crippen LogP contribution >= 0.6 is 11.8 Å². The van der Waals surface area contributed by atoms with Gasteiger partial charge in [-0.25, -0.2) is 4.39 Å². The maximum atomic E-state index is 14.0. The fourth-order valence-corrected chi connectivity index (χ4v) is 7.50. The Morgan fingerprint density at radius 1 is 1.27 bits per heavy atom. The first-order valence-electron chi connectivity index (χ1n) is 14.6. The van der Waals surface area contributed by atoms with Crippen molar-refractivity contribution < 1.29 is 13.9 Å². The van der Waals surface area contributed by atoms with Gasteiger partial charge in [-0.3, -0.25) is 4.79 Å². The van der Waals surface area contributed by atoms with E-state index in [-0.39, 0.29) is 29.4 Å². The SMILES string of the molecule is C=CC(=O)N1CCN(c2nc(OCC3CCCN3C)nc(C[C@@H]3Cc4cc(F)ccc4CS3)c2CC)CC1CC#N. The zero-order valence-electron chi connectivity index (χ0n) is 24.0. The number of nitriles is 1. The highest BCUT2D eigenvalue weighted by Crippen LogP contribution is 2.35. The lowest BCUT2D eigenvalue weighted by Gasteiger charge is -2.41. The summed E-state index contributed by atoms with van der Waals surface area (Å²) in [5, 5.41) is 9.76. The minimum atomic E-state index is -0.251. The number of likely N-dealkylation sites (N-methyl/N-ethyl adjacent to an activating group) is 1. The molecule has 1 aromatic heterocycles. The third kappa shape index (κ3) is 6.68. The van der Waals surface area contributed by atoms with Gasteiger partial charge in [0, 0.05) is 48.7 Å². The van der Waals surface area contributed by atoms with Crippen LogP contribution < -0.4 is 9.64 Å². The Balaban J connectivity index is 1.44. The van der Waals surface area contributed by atoms with E-state index in [1.165, 1.54) is 11.6 Å². The van der Waals surface area contributed by atoms with Crippen molar-refractivity contribution in [2.24, 2.45) is 0 Å². The van der Waals surface area contributed by atoms with Gasteiger partial charge in [0.2, 0.25) is 5.91 Å². The highest BCUT2D eigenvalue weighted by Gasteiger charge is 2.32. The van der Waals surface area contributed by atoms with E-state index in [2.05, 4.69) is 36.4 Å². The molecular weight excluding hydrogens is 539 g/mol. The third-order valence-electron chi connectivity index (χ3n) is 8.56. The smallest absolute Gasteiger partial charge is 0.318 e. The Labute approximate surface area is 246 Å². The lowest BCUT2D eigenvalue weighted by Crippen LogP contribution is -2.55. The van der Waals surface area contributed by atoms with Crippen molar-refractivity contribution in [2.45, 2.75) is 68.5 Å². The molecule has 8 nitrogen and oxygen atoms in total. The number of hydrogen-bond donors (Lipinski definition) is 0. The van der Waals surface area contributed by atoms with Crippen molar-refractivity contribution in [1.29, 1.82) is 5.26 Å². The molecule has 3 atom stereocenters. The van der Waals surface area contributed by atoms with Crippen LogP contribution in [-0.4, -0.2) is 82.8 Å². The second-order valence-electron chi connectivity index (χ2n) is 11.1. The van der Waals surface area contributed by atoms with Crippen molar-refractivity contribution in [1.82, 2.24) is 19.8 Å². The molecule has 2 unspecified atom stereocenters. The number of rotatable bonds is 9. The topological polar surface area (TPSA) is 85.6 Å². The molecule has 0 bridgehead atoms. The molecule has 218 valence electrons. The van der Waals surface area contributed by atoms with E-state index in [9.17, 15) is 14.4 Å². The van der Waals surface area contributed by atoms with Gasteiger partial charge in [0.05, 0.1) is 24.2 Å². The van der Waals surface area contributed by atoms with Gasteiger partial charge >= 0.3 is 6.01 Å². The number of carbonyl (C=O) groups is 1. The summed E-state index contributed by atoms with van der Waals surface area (Å²) in [6.07, 6.45) is 6.07. The molecule has 0 N–H and O–H groups in total. The van der Waals surface area contributed by atoms with Crippen LogP contribution in [0.5, 0.6) is 6.01 Å². The summed E-state index contributed by atoms with van der Waals surface area (Å²) in [4.78, 5) is 28.7. The van der Waals surface area contributed by atoms with E-state index in [0.717, 1.165) is 67.0 Å². The Morgan fingerprint density at radius 3 is 2.85 bits per heavy atom. The van der Waals surface area contributed by atoms with Crippen molar-refractivity contribution in [2.75, 3.05) is 44.7 Å². The number of nitrogens with zero attached hydrogens (tertiary/aromatic N) is 6. The van der Waals surface area contributed by atoms with Crippen molar-refractivity contribution in [3.63, 3.8) is 0 Å². The summed E-state index contributed by atoms with van der Waals surface area (Å²) < 4.78 is 20.3. The van der Waals surface area contributed by atoms with Crippen LogP contribution in [0.25, 0.3) is 0 Å². The molecule has 1 amide bonds. The van der Waals surface area contributed by atoms with E-state index in [1.807, 2.05) is 17.8 Å². The molecule has 2 fully saturated rings. The van der Waals surface area contributed by atoms with E-state index in [0.29, 0.717) is 38.3 Å². The molecule has 2 saturated heterocycles. The number of thioether (sulfide) groups is 1. The fraction of sp³-hybridized carbons (Fsp3) is 0.548. The zero-order valence-corrected chi connectivity index (χ0v) is 24.8. The number of fused-ring (bicyclic) bond motifs is 1. The van der Waals surface area contributed by atoms with E-state index in [1.54, 1.807) is 17.0 Å². The molecule has 0 saturated carbocycles. The number of likely N-dealkylation sites (tertiary alicyclic amines) is 1. The molecule has 0 radical (unpaired) electrons. The van der Waals surface area contributed by atoms with E-state index >= 15 is 0 Å². The average molecular weight is 579 g/mol. The van der Waals surface area contributed by atoms with Gasteiger partial charge in [-0.05, 0) is 68.6 Å². The number of amides is 1. The monoisotopic (exact) mass is 578 g/mol. The van der Waals surface area contributed by atoms with Gasteiger partial charge in [-0.1, -0.05) is 19.6 Å². The summed E-state index contributed by atoms with van der Waals surface area (Å²) in [5.41, 5.74) is 4.31. The van der Waals surface area contributed by atoms with Crippen LogP contribution in [0.4, 0.5) is 10.2 Å². The molecule has 0 spiro atoms. The van der Waals surface area contributed by atoms with Crippen LogP contribution in [0.2, 0.25) is 0 Å². The first kappa shape index (κ1) is 29.3. The Hall–Kier alpha value is -3.16. The highest BCUT2D eigenvalue weighted by atomic mass is 32.2. The number of anilines is 1. The quantitative estimate of drug-likeness (QED) is 0.410. The van der Waals surface area contributed by atoms with Crippen molar-refractivity contribution in [3.8, 4) is 12.1 Å². The molecule has 41 heavy (non-hydrogen) atoms. The molecule has 0 aliphatic carbocycles. The summed E-state index contributed by atoms with van der Waals surface area (Å²) in [7, 11) is 2.12. The minimum Gasteiger partial charge on any atom is -0.462 e. The maximum absolute atomic E-state index is 14.0. The number of carbonyl (C=O) groups excluding carboxylic acids is 1. The van der Waals surface area contributed by atoms with E-state index in [4.69, 9.17) is 14.7 Å². The molecule has 2 aromatic rings. The molecule has 3 aliphatic rings. The van der Waals surface area contributed by atoms with Crippen LogP contribution in [0.15, 0.2) is 30.9 Å². The predicted molar refractivity (Wildman–Crippen MR) is 160 cm³/mol. The number of hydrogen-bond acceptors (Lipinski definition) is 8. The molecule has 1 aromatic carbocycles. The largest absolute Gasteiger partial charge is 0.462 e. The molecular formula is C31H39FN6O2S. The maximum Gasteiger partial charge on any atom is 0.318 e. The van der Waals surface area contributed by atoms with Gasteiger partial charge in [0.15, 0.2) is 0 Å². The summed E-state index contributed by atoms with van der Waals surface area (Å²) >= 11 is 1.89. The first-order chi connectivity index (χ1) is 19.9. The molecule has 3 aliphatic heterocycles. The van der Waals surface area contributed by atoms with Gasteiger partial charge < -0.3 is 19.4 Å². The van der Waals surface area contributed by atoms with Gasteiger partial charge in [0.25, 0.3) is 0 Å². The normalized spacial score (nSPS) is 22.7. The zero-order chi connectivity index (χ0) is 28.9. The highest BCUT2D eigenvalue weighted by molar-refractivity contribution is 7.99. The predicted octanol–water partition coefficient (Wildman–Crippen LogP) is 4.17. The second-order valence-corrected chi connectivity index (χ2v) is 12.4. The van der Waals surface area contributed by atoms with Gasteiger partial charge in [-0.15, -0.1) is 0 Å². The van der Waals surface area contributed by atoms with Gasteiger partial charge in [0.1, 0.15) is 18.2 Å². The summed E-state index contributed by atoms with van der Waals surface area (Å²) in [6, 6.07) is 7.81. The number of ether oxygens (including phenoxy) is 1. The summed E-state index contributed by atoms with van der Waals surface area (Å²) in [6.45, 7) is 8.94. The molecule has 4 heterocycles. The molecule has 5 rings (SSSR count).